The fourth-order valence-corrected chi connectivity index (χ4v) is 1.84. The van der Waals surface area contributed by atoms with Gasteiger partial charge in [0.1, 0.15) is 5.82 Å². The van der Waals surface area contributed by atoms with Crippen molar-refractivity contribution in [3.8, 4) is 5.75 Å². The Morgan fingerprint density at radius 3 is 2.59 bits per heavy atom. The molecule has 0 saturated carbocycles. The average molecular weight is 336 g/mol. The van der Waals surface area contributed by atoms with Gasteiger partial charge in [0.15, 0.2) is 5.75 Å². The van der Waals surface area contributed by atoms with Gasteiger partial charge in [0.2, 0.25) is 0 Å². The maximum Gasteiger partial charge on any atom is 0.418 e. The van der Waals surface area contributed by atoms with Crippen molar-refractivity contribution in [2.45, 2.75) is 12.7 Å². The van der Waals surface area contributed by atoms with Crippen molar-refractivity contribution in [1.82, 2.24) is 4.98 Å². The highest BCUT2D eigenvalue weighted by molar-refractivity contribution is 6.31. The van der Waals surface area contributed by atoms with Crippen molar-refractivity contribution in [3.63, 3.8) is 0 Å². The van der Waals surface area contributed by atoms with Gasteiger partial charge in [0.05, 0.1) is 28.2 Å². The molecule has 0 bridgehead atoms. The Kier molecular flexibility index (Phi) is 4.72. The van der Waals surface area contributed by atoms with Crippen LogP contribution in [0.1, 0.15) is 11.3 Å². The molecule has 3 N–H and O–H groups in total. The molecule has 0 radical (unpaired) electrons. The quantitative estimate of drug-likeness (QED) is 0.660. The molecule has 22 heavy (non-hydrogen) atoms. The predicted octanol–water partition coefficient (Wildman–Crippen LogP) is 3.76. The van der Waals surface area contributed by atoms with Gasteiger partial charge >= 0.3 is 6.18 Å². The van der Waals surface area contributed by atoms with Crippen LogP contribution in [0.15, 0.2) is 30.5 Å². The summed E-state index contributed by atoms with van der Waals surface area (Å²) in [6.07, 6.45) is -3.48. The SMILES string of the molecule is NCc1ncc(ONc2ccc(F)cc2C(F)(F)F)cc1Cl. The number of nitrogens with zero attached hydrogens (tertiary/aromatic N) is 1. The lowest BCUT2D eigenvalue weighted by Crippen LogP contribution is -2.14. The topological polar surface area (TPSA) is 60.2 Å². The number of hydrogen-bond acceptors (Lipinski definition) is 4. The predicted molar refractivity (Wildman–Crippen MR) is 72.8 cm³/mol. The van der Waals surface area contributed by atoms with Crippen molar-refractivity contribution in [2.75, 3.05) is 5.48 Å². The summed E-state index contributed by atoms with van der Waals surface area (Å²) in [5, 5.41) is 0.219. The molecule has 0 spiro atoms. The Bertz CT molecular complexity index is 679. The van der Waals surface area contributed by atoms with E-state index in [0.717, 1.165) is 12.1 Å². The van der Waals surface area contributed by atoms with E-state index in [4.69, 9.17) is 22.2 Å². The van der Waals surface area contributed by atoms with Crippen molar-refractivity contribution in [3.05, 3.63) is 52.6 Å². The van der Waals surface area contributed by atoms with Crippen LogP contribution in [0.2, 0.25) is 5.02 Å². The summed E-state index contributed by atoms with van der Waals surface area (Å²) in [6.45, 7) is 0.114. The van der Waals surface area contributed by atoms with E-state index in [0.29, 0.717) is 11.8 Å². The van der Waals surface area contributed by atoms with Crippen LogP contribution >= 0.6 is 11.6 Å². The molecule has 1 aromatic heterocycles. The Balaban J connectivity index is 2.20. The van der Waals surface area contributed by atoms with Crippen LogP contribution in [0, 0.1) is 5.82 Å². The lowest BCUT2D eigenvalue weighted by Gasteiger charge is -2.15. The molecular formula is C13H10ClF4N3O. The first-order valence-corrected chi connectivity index (χ1v) is 6.33. The standard InChI is InChI=1S/C13H10ClF4N3O/c14-10-4-8(6-20-12(10)5-19)22-21-11-2-1-7(15)3-9(11)13(16,17)18/h1-4,6,21H,5,19H2. The molecule has 2 rings (SSSR count). The number of rotatable bonds is 4. The number of nitrogens with one attached hydrogen (secondary N) is 1. The second-order valence-corrected chi connectivity index (χ2v) is 4.60. The van der Waals surface area contributed by atoms with Crippen LogP contribution in [0.3, 0.4) is 0 Å². The summed E-state index contributed by atoms with van der Waals surface area (Å²) in [6, 6.07) is 3.51. The van der Waals surface area contributed by atoms with Crippen LogP contribution < -0.4 is 16.1 Å². The van der Waals surface area contributed by atoms with Gasteiger partial charge in [-0.15, -0.1) is 0 Å². The smallest absolute Gasteiger partial charge is 0.380 e. The van der Waals surface area contributed by atoms with Crippen LogP contribution in [-0.2, 0) is 12.7 Å². The van der Waals surface area contributed by atoms with Gasteiger partial charge in [-0.25, -0.2) is 9.87 Å². The fraction of sp³-hybridized carbons (Fsp3) is 0.154. The molecule has 0 amide bonds. The minimum atomic E-state index is -4.73. The molecule has 1 aromatic carbocycles. The van der Waals surface area contributed by atoms with E-state index < -0.39 is 23.2 Å². The highest BCUT2D eigenvalue weighted by Crippen LogP contribution is 2.35. The first-order valence-electron chi connectivity index (χ1n) is 5.95. The molecule has 0 aliphatic carbocycles. The first kappa shape index (κ1) is 16.3. The van der Waals surface area contributed by atoms with Crippen molar-refractivity contribution >= 4 is 17.3 Å². The molecule has 118 valence electrons. The van der Waals surface area contributed by atoms with E-state index in [1.54, 1.807) is 0 Å². The van der Waals surface area contributed by atoms with Crippen LogP contribution in [-0.4, -0.2) is 4.98 Å². The molecule has 0 fully saturated rings. The second-order valence-electron chi connectivity index (χ2n) is 4.20. The molecule has 0 aliphatic rings. The van der Waals surface area contributed by atoms with E-state index in [1.807, 2.05) is 0 Å². The van der Waals surface area contributed by atoms with E-state index in [1.165, 1.54) is 12.3 Å². The van der Waals surface area contributed by atoms with Crippen LogP contribution in [0.4, 0.5) is 23.2 Å². The number of benzene rings is 1. The number of anilines is 1. The zero-order chi connectivity index (χ0) is 16.3. The molecule has 0 unspecified atom stereocenters. The van der Waals surface area contributed by atoms with Gasteiger partial charge in [-0.3, -0.25) is 4.98 Å². The number of alkyl halides is 3. The van der Waals surface area contributed by atoms with E-state index >= 15 is 0 Å². The third-order valence-corrected chi connectivity index (χ3v) is 2.98. The maximum absolute atomic E-state index is 13.0. The lowest BCUT2D eigenvalue weighted by atomic mass is 10.1. The number of nitrogens with two attached hydrogens (primary N) is 1. The summed E-state index contributed by atoms with van der Waals surface area (Å²) in [7, 11) is 0. The first-order chi connectivity index (χ1) is 10.3. The zero-order valence-corrected chi connectivity index (χ0v) is 11.7. The van der Waals surface area contributed by atoms with Gasteiger partial charge in [0.25, 0.3) is 0 Å². The fourth-order valence-electron chi connectivity index (χ4n) is 1.61. The Morgan fingerprint density at radius 1 is 1.27 bits per heavy atom. The van der Waals surface area contributed by atoms with Crippen LogP contribution in [0.5, 0.6) is 5.75 Å². The van der Waals surface area contributed by atoms with Gasteiger partial charge in [-0.05, 0) is 18.2 Å². The summed E-state index contributed by atoms with van der Waals surface area (Å²) < 4.78 is 51.4. The summed E-state index contributed by atoms with van der Waals surface area (Å²) in [4.78, 5) is 8.88. The normalized spacial score (nSPS) is 11.4. The minimum Gasteiger partial charge on any atom is -0.380 e. The summed E-state index contributed by atoms with van der Waals surface area (Å²) in [5.74, 6) is -0.922. The largest absolute Gasteiger partial charge is 0.418 e. The van der Waals surface area contributed by atoms with E-state index in [2.05, 4.69) is 10.5 Å². The molecule has 2 aromatic rings. The van der Waals surface area contributed by atoms with Crippen LogP contribution in [0.25, 0.3) is 0 Å². The Labute approximate surface area is 127 Å². The number of pyridine rings is 1. The highest BCUT2D eigenvalue weighted by atomic mass is 35.5. The molecule has 4 nitrogen and oxygen atoms in total. The summed E-state index contributed by atoms with van der Waals surface area (Å²) in [5.41, 5.74) is 6.29. The van der Waals surface area contributed by atoms with Crippen molar-refractivity contribution in [2.24, 2.45) is 5.73 Å². The molecule has 9 heteroatoms. The Morgan fingerprint density at radius 2 is 2.00 bits per heavy atom. The third kappa shape index (κ3) is 3.77. The molecular weight excluding hydrogens is 326 g/mol. The lowest BCUT2D eigenvalue weighted by molar-refractivity contribution is -0.137. The molecule has 0 saturated heterocycles. The van der Waals surface area contributed by atoms with Crippen molar-refractivity contribution < 1.29 is 22.4 Å². The van der Waals surface area contributed by atoms with E-state index in [-0.39, 0.29) is 17.3 Å². The second kappa shape index (κ2) is 6.37. The van der Waals surface area contributed by atoms with Gasteiger partial charge in [0, 0.05) is 12.6 Å². The van der Waals surface area contributed by atoms with Gasteiger partial charge in [-0.1, -0.05) is 11.6 Å². The third-order valence-electron chi connectivity index (χ3n) is 2.65. The number of hydrogen-bond donors (Lipinski definition) is 2. The monoisotopic (exact) mass is 335 g/mol. The molecule has 0 atom stereocenters. The van der Waals surface area contributed by atoms with E-state index in [9.17, 15) is 17.6 Å². The summed E-state index contributed by atoms with van der Waals surface area (Å²) >= 11 is 5.86. The van der Waals surface area contributed by atoms with Gasteiger partial charge < -0.3 is 10.6 Å². The molecule has 0 aliphatic heterocycles. The molecule has 1 heterocycles. The van der Waals surface area contributed by atoms with Crippen molar-refractivity contribution in [1.29, 1.82) is 0 Å². The highest BCUT2D eigenvalue weighted by Gasteiger charge is 2.34. The van der Waals surface area contributed by atoms with Gasteiger partial charge in [-0.2, -0.15) is 13.2 Å². The maximum atomic E-state index is 13.0. The number of halogens is 5. The zero-order valence-electron chi connectivity index (χ0n) is 10.9. The Hall–Kier alpha value is -2.06. The number of aromatic nitrogens is 1. The minimum absolute atomic E-state index is 0.0830. The average Bonchev–Trinajstić information content (AvgIpc) is 2.45.